The molecule has 0 radical (unpaired) electrons. The average Bonchev–Trinajstić information content (AvgIpc) is 2.97. The quantitative estimate of drug-likeness (QED) is 0.126. The summed E-state index contributed by atoms with van der Waals surface area (Å²) in [5.41, 5.74) is 0. The second kappa shape index (κ2) is 22.4. The minimum Gasteiger partial charge on any atom is -0.469 e. The van der Waals surface area contributed by atoms with Gasteiger partial charge in [-0.1, -0.05) is 42.5 Å². The summed E-state index contributed by atoms with van der Waals surface area (Å²) in [7, 11) is 2.28. The number of methoxy groups -OCH3 is 2. The molecule has 282 valence electrons. The molecule has 11 atom stereocenters. The minimum absolute atomic E-state index is 0. The Morgan fingerprint density at radius 2 is 0.776 bits per heavy atom. The first kappa shape index (κ1) is 50.0. The summed E-state index contributed by atoms with van der Waals surface area (Å²) in [4.78, 5) is 118. The first-order chi connectivity index (χ1) is 21.6. The van der Waals surface area contributed by atoms with Gasteiger partial charge in [-0.2, -0.15) is 0 Å². The van der Waals surface area contributed by atoms with E-state index in [0.29, 0.717) is 0 Å². The van der Waals surface area contributed by atoms with E-state index < -0.39 is 100 Å². The van der Waals surface area contributed by atoms with Gasteiger partial charge in [-0.25, -0.2) is 0 Å². The van der Waals surface area contributed by atoms with Gasteiger partial charge in [0.25, 0.3) is 0 Å². The van der Waals surface area contributed by atoms with Crippen molar-refractivity contribution in [2.45, 2.75) is 110 Å². The maximum atomic E-state index is 13.6. The molecule has 11 unspecified atom stereocenters. The van der Waals surface area contributed by atoms with Crippen LogP contribution in [0.1, 0.15) is 110 Å². The SMILES string of the molecule is C.C.COC(=O)C(C)C(CC(C)C(C)=O)C(C(C)=O)C(C(C)=O)C(CC(C(C)=O)C(C(C)=O)C(CC(C)C(C)=O)C(C)C(C)=O)C(=O)OC. The molecule has 0 aliphatic heterocycles. The number of carbonyl (C=O) groups is 9. The van der Waals surface area contributed by atoms with Gasteiger partial charge in [-0.05, 0) is 79.6 Å². The van der Waals surface area contributed by atoms with E-state index in [1.165, 1.54) is 62.5 Å². The van der Waals surface area contributed by atoms with Crippen LogP contribution in [0.15, 0.2) is 0 Å². The summed E-state index contributed by atoms with van der Waals surface area (Å²) in [6.07, 6.45) is -0.223. The highest BCUT2D eigenvalue weighted by molar-refractivity contribution is 5.93. The summed E-state index contributed by atoms with van der Waals surface area (Å²) in [6.45, 7) is 15.6. The molecule has 0 fully saturated rings. The Kier molecular flexibility index (Phi) is 22.8. The van der Waals surface area contributed by atoms with Crippen molar-refractivity contribution in [1.82, 2.24) is 0 Å². The van der Waals surface area contributed by atoms with Gasteiger partial charge < -0.3 is 9.47 Å². The van der Waals surface area contributed by atoms with Gasteiger partial charge in [0.1, 0.15) is 40.5 Å². The van der Waals surface area contributed by atoms with Crippen molar-refractivity contribution in [3.63, 3.8) is 0 Å². The van der Waals surface area contributed by atoms with E-state index in [2.05, 4.69) is 0 Å². The van der Waals surface area contributed by atoms with Crippen LogP contribution in [-0.2, 0) is 52.6 Å². The highest BCUT2D eigenvalue weighted by atomic mass is 16.5. The lowest BCUT2D eigenvalue weighted by Gasteiger charge is -2.40. The van der Waals surface area contributed by atoms with Gasteiger partial charge in [0.2, 0.25) is 0 Å². The number of rotatable bonds is 22. The molecule has 11 heteroatoms. The second-order valence-corrected chi connectivity index (χ2v) is 13.5. The normalized spacial score (nSPS) is 17.7. The lowest BCUT2D eigenvalue weighted by molar-refractivity contribution is -0.157. The fourth-order valence-corrected chi connectivity index (χ4v) is 7.00. The first-order valence-electron chi connectivity index (χ1n) is 16.3. The van der Waals surface area contributed by atoms with Crippen LogP contribution in [0.5, 0.6) is 0 Å². The third-order valence-electron chi connectivity index (χ3n) is 10.3. The number of hydrogen-bond donors (Lipinski definition) is 0. The van der Waals surface area contributed by atoms with Crippen molar-refractivity contribution < 1.29 is 52.6 Å². The van der Waals surface area contributed by atoms with Crippen LogP contribution in [0.25, 0.3) is 0 Å². The smallest absolute Gasteiger partial charge is 0.309 e. The van der Waals surface area contributed by atoms with E-state index in [1.54, 1.807) is 20.8 Å². The molecule has 0 saturated carbocycles. The monoisotopic (exact) mass is 696 g/mol. The molecule has 0 amide bonds. The molecule has 0 aromatic rings. The van der Waals surface area contributed by atoms with E-state index in [1.807, 2.05) is 0 Å². The van der Waals surface area contributed by atoms with Crippen molar-refractivity contribution in [2.24, 2.45) is 65.1 Å². The van der Waals surface area contributed by atoms with Crippen molar-refractivity contribution in [2.75, 3.05) is 14.2 Å². The number of hydrogen-bond acceptors (Lipinski definition) is 11. The third-order valence-corrected chi connectivity index (χ3v) is 10.3. The van der Waals surface area contributed by atoms with Crippen LogP contribution in [0.2, 0.25) is 0 Å². The number of carbonyl (C=O) groups excluding carboxylic acids is 9. The standard InChI is InChI=1S/C36H56O11.2CH4/c1-17(21(5)37)14-28(19(3)23(7)39)32(25(9)41)30(24(8)40)16-31(36(45)47-13)34(27(11)43)33(26(10)42)29(15-18(2)22(6)38)20(4)35(44)46-12;;/h17-20,28-34H,14-16H2,1-13H3;2*1H4. The Hall–Kier alpha value is -3.37. The predicted octanol–water partition coefficient (Wildman–Crippen LogP) is 5.76. The Bertz CT molecular complexity index is 1200. The van der Waals surface area contributed by atoms with Crippen LogP contribution < -0.4 is 0 Å². The van der Waals surface area contributed by atoms with Crippen LogP contribution >= 0.6 is 0 Å². The molecular weight excluding hydrogens is 632 g/mol. The second-order valence-electron chi connectivity index (χ2n) is 13.5. The summed E-state index contributed by atoms with van der Waals surface area (Å²) in [5.74, 6) is -15.1. The molecule has 0 rings (SSSR count). The number of esters is 2. The fourth-order valence-electron chi connectivity index (χ4n) is 7.00. The molecule has 0 heterocycles. The Balaban J connectivity index is -0.0000106. The van der Waals surface area contributed by atoms with Gasteiger partial charge in [0.05, 0.1) is 26.1 Å². The molecule has 0 bridgehead atoms. The zero-order valence-corrected chi connectivity index (χ0v) is 30.5. The molecule has 11 nitrogen and oxygen atoms in total. The van der Waals surface area contributed by atoms with Gasteiger partial charge in [-0.3, -0.25) is 43.2 Å². The summed E-state index contributed by atoms with van der Waals surface area (Å²) in [6, 6.07) is 0. The summed E-state index contributed by atoms with van der Waals surface area (Å²) in [5, 5.41) is 0. The molecule has 0 saturated heterocycles. The number of Topliss-reactive ketones (excluding diaryl/α,β-unsaturated/α-hetero) is 7. The van der Waals surface area contributed by atoms with Crippen molar-refractivity contribution in [3.8, 4) is 0 Å². The third kappa shape index (κ3) is 13.8. The largest absolute Gasteiger partial charge is 0.469 e. The van der Waals surface area contributed by atoms with E-state index in [-0.39, 0.29) is 51.5 Å². The maximum absolute atomic E-state index is 13.6. The van der Waals surface area contributed by atoms with Crippen LogP contribution in [0.3, 0.4) is 0 Å². The number of ether oxygens (including phenoxy) is 2. The van der Waals surface area contributed by atoms with Crippen LogP contribution in [0.4, 0.5) is 0 Å². The fraction of sp³-hybridized carbons (Fsp3) is 0.763. The molecule has 0 N–H and O–H groups in total. The molecule has 0 aliphatic carbocycles. The highest BCUT2D eigenvalue weighted by Crippen LogP contribution is 2.43. The molecule has 0 aromatic carbocycles. The van der Waals surface area contributed by atoms with E-state index in [0.717, 1.165) is 7.11 Å². The first-order valence-corrected chi connectivity index (χ1v) is 16.3. The van der Waals surface area contributed by atoms with Crippen LogP contribution in [0, 0.1) is 65.1 Å². The van der Waals surface area contributed by atoms with Gasteiger partial charge in [0.15, 0.2) is 0 Å². The van der Waals surface area contributed by atoms with E-state index in [4.69, 9.17) is 9.47 Å². The topological polar surface area (TPSA) is 172 Å². The van der Waals surface area contributed by atoms with E-state index in [9.17, 15) is 43.2 Å². The van der Waals surface area contributed by atoms with Crippen molar-refractivity contribution in [1.29, 1.82) is 0 Å². The van der Waals surface area contributed by atoms with Crippen LogP contribution in [-0.4, -0.2) is 66.6 Å². The Labute approximate surface area is 294 Å². The molecular formula is C38H64O11. The maximum Gasteiger partial charge on any atom is 0.309 e. The lowest BCUT2D eigenvalue weighted by atomic mass is 9.61. The van der Waals surface area contributed by atoms with Gasteiger partial charge >= 0.3 is 11.9 Å². The van der Waals surface area contributed by atoms with E-state index >= 15 is 0 Å². The van der Waals surface area contributed by atoms with Gasteiger partial charge in [-0.15, -0.1) is 0 Å². The summed E-state index contributed by atoms with van der Waals surface area (Å²) >= 11 is 0. The van der Waals surface area contributed by atoms with Crippen molar-refractivity contribution in [3.05, 3.63) is 0 Å². The lowest BCUT2D eigenvalue weighted by Crippen LogP contribution is -2.47. The minimum atomic E-state index is -1.42. The van der Waals surface area contributed by atoms with Crippen molar-refractivity contribution >= 4 is 52.4 Å². The molecule has 49 heavy (non-hydrogen) atoms. The molecule has 0 aliphatic rings. The average molecular weight is 697 g/mol. The zero-order valence-electron chi connectivity index (χ0n) is 30.5. The zero-order chi connectivity index (χ0) is 37.1. The predicted molar refractivity (Wildman–Crippen MR) is 187 cm³/mol. The molecule has 0 aromatic heterocycles. The van der Waals surface area contributed by atoms with Gasteiger partial charge in [0, 0.05) is 41.4 Å². The Morgan fingerprint density at radius 1 is 0.408 bits per heavy atom. The summed E-state index contributed by atoms with van der Waals surface area (Å²) < 4.78 is 10.1. The highest BCUT2D eigenvalue weighted by Gasteiger charge is 2.50. The molecule has 0 spiro atoms. The number of ketones is 7. The Morgan fingerprint density at radius 3 is 1.06 bits per heavy atom.